The summed E-state index contributed by atoms with van der Waals surface area (Å²) in [5, 5.41) is 0. The molecule has 1 saturated heterocycles. The van der Waals surface area contributed by atoms with Crippen molar-refractivity contribution in [3.05, 3.63) is 0 Å². The molecule has 0 spiro atoms. The van der Waals surface area contributed by atoms with Gasteiger partial charge >= 0.3 is 6.09 Å². The second kappa shape index (κ2) is 3.22. The van der Waals surface area contributed by atoms with Crippen molar-refractivity contribution in [3.8, 4) is 0 Å². The van der Waals surface area contributed by atoms with E-state index in [0.717, 1.165) is 0 Å². The van der Waals surface area contributed by atoms with E-state index < -0.39 is 5.60 Å². The minimum atomic E-state index is -0.469. The highest BCUT2D eigenvalue weighted by Gasteiger charge is 2.57. The van der Waals surface area contributed by atoms with Gasteiger partial charge in [0.15, 0.2) is 0 Å². The SMILES string of the molecule is CC(C)(C)OC(=O)N1C[C@@H]2CC(=O)[C@]2(C)C1. The predicted molar refractivity (Wildman–Crippen MR) is 59.0 cm³/mol. The minimum absolute atomic E-state index is 0.281. The Morgan fingerprint density at radius 2 is 2.12 bits per heavy atom. The molecule has 0 unspecified atom stereocenters. The lowest BCUT2D eigenvalue weighted by molar-refractivity contribution is -0.140. The van der Waals surface area contributed by atoms with Gasteiger partial charge in [-0.3, -0.25) is 4.79 Å². The van der Waals surface area contributed by atoms with Crippen molar-refractivity contribution in [2.45, 2.75) is 39.7 Å². The van der Waals surface area contributed by atoms with Gasteiger partial charge in [-0.05, 0) is 26.7 Å². The number of carbonyl (C=O) groups excluding carboxylic acids is 2. The Kier molecular flexibility index (Phi) is 2.30. The Labute approximate surface area is 95.9 Å². The third-order valence-electron chi connectivity index (χ3n) is 3.58. The number of rotatable bonds is 0. The molecule has 0 N–H and O–H groups in total. The molecule has 2 atom stereocenters. The van der Waals surface area contributed by atoms with Gasteiger partial charge in [0.2, 0.25) is 0 Å². The van der Waals surface area contributed by atoms with E-state index in [9.17, 15) is 9.59 Å². The van der Waals surface area contributed by atoms with E-state index in [1.807, 2.05) is 27.7 Å². The van der Waals surface area contributed by atoms with Crippen LogP contribution in [0.2, 0.25) is 0 Å². The number of hydrogen-bond donors (Lipinski definition) is 0. The number of Topliss-reactive ketones (excluding diaryl/α,β-unsaturated/α-hetero) is 1. The zero-order valence-electron chi connectivity index (χ0n) is 10.4. The van der Waals surface area contributed by atoms with E-state index in [2.05, 4.69) is 0 Å². The predicted octanol–water partition coefficient (Wildman–Crippen LogP) is 1.83. The Balaban J connectivity index is 1.99. The Hall–Kier alpha value is -1.06. The molecule has 0 aromatic rings. The first-order valence-corrected chi connectivity index (χ1v) is 5.73. The summed E-state index contributed by atoms with van der Waals surface area (Å²) in [5.41, 5.74) is -0.763. The van der Waals surface area contributed by atoms with Crippen molar-refractivity contribution in [2.75, 3.05) is 13.1 Å². The number of ketones is 1. The Morgan fingerprint density at radius 1 is 1.50 bits per heavy atom. The van der Waals surface area contributed by atoms with E-state index in [1.165, 1.54) is 0 Å². The normalized spacial score (nSPS) is 33.4. The van der Waals surface area contributed by atoms with E-state index in [4.69, 9.17) is 4.74 Å². The molecule has 2 aliphatic rings. The second-order valence-corrected chi connectivity index (χ2v) is 6.10. The van der Waals surface area contributed by atoms with Crippen molar-refractivity contribution in [2.24, 2.45) is 11.3 Å². The van der Waals surface area contributed by atoms with Crippen LogP contribution in [0.5, 0.6) is 0 Å². The summed E-state index contributed by atoms with van der Waals surface area (Å²) >= 11 is 0. The highest BCUT2D eigenvalue weighted by molar-refractivity contribution is 5.92. The first-order valence-electron chi connectivity index (χ1n) is 5.73. The molecule has 4 nitrogen and oxygen atoms in total. The number of hydrogen-bond acceptors (Lipinski definition) is 3. The fraction of sp³-hybridized carbons (Fsp3) is 0.833. The summed E-state index contributed by atoms with van der Waals surface area (Å²) in [6.07, 6.45) is 0.325. The third-order valence-corrected chi connectivity index (χ3v) is 3.58. The first-order chi connectivity index (χ1) is 7.22. The zero-order valence-corrected chi connectivity index (χ0v) is 10.4. The van der Waals surface area contributed by atoms with Crippen LogP contribution >= 0.6 is 0 Å². The second-order valence-electron chi connectivity index (χ2n) is 6.10. The van der Waals surface area contributed by atoms with Crippen molar-refractivity contribution >= 4 is 11.9 Å². The fourth-order valence-corrected chi connectivity index (χ4v) is 2.45. The maximum absolute atomic E-state index is 11.8. The van der Waals surface area contributed by atoms with Crippen LogP contribution in [0, 0.1) is 11.3 Å². The van der Waals surface area contributed by atoms with Gasteiger partial charge in [0.25, 0.3) is 0 Å². The van der Waals surface area contributed by atoms with Gasteiger partial charge in [-0.25, -0.2) is 4.79 Å². The molecule has 1 saturated carbocycles. The lowest BCUT2D eigenvalue weighted by Crippen LogP contribution is -2.47. The molecule has 1 heterocycles. The molecule has 0 radical (unpaired) electrons. The Bertz CT molecular complexity index is 345. The smallest absolute Gasteiger partial charge is 0.410 e. The standard InChI is InChI=1S/C12H19NO3/c1-11(2,3)16-10(15)13-6-8-5-9(14)12(8,4)7-13/h8H,5-7H2,1-4H3/t8-,12+/m0/s1. The van der Waals surface area contributed by atoms with Crippen LogP contribution in [-0.4, -0.2) is 35.5 Å². The van der Waals surface area contributed by atoms with Crippen molar-refractivity contribution in [1.29, 1.82) is 0 Å². The molecule has 1 aliphatic heterocycles. The van der Waals surface area contributed by atoms with E-state index in [0.29, 0.717) is 25.4 Å². The van der Waals surface area contributed by atoms with Gasteiger partial charge < -0.3 is 9.64 Å². The van der Waals surface area contributed by atoms with Gasteiger partial charge in [-0.2, -0.15) is 0 Å². The highest BCUT2D eigenvalue weighted by atomic mass is 16.6. The average Bonchev–Trinajstić information content (AvgIpc) is 2.38. The molecule has 90 valence electrons. The van der Waals surface area contributed by atoms with Crippen LogP contribution in [0.15, 0.2) is 0 Å². The summed E-state index contributed by atoms with van der Waals surface area (Å²) in [6, 6.07) is 0. The average molecular weight is 225 g/mol. The third kappa shape index (κ3) is 1.70. The molecule has 16 heavy (non-hydrogen) atoms. The maximum Gasteiger partial charge on any atom is 0.410 e. The number of nitrogens with zero attached hydrogens (tertiary/aromatic N) is 1. The van der Waals surface area contributed by atoms with E-state index in [-0.39, 0.29) is 17.3 Å². The summed E-state index contributed by atoms with van der Waals surface area (Å²) in [7, 11) is 0. The number of carbonyl (C=O) groups is 2. The molecule has 0 aromatic carbocycles. The summed E-state index contributed by atoms with van der Waals surface area (Å²) in [6.45, 7) is 8.68. The van der Waals surface area contributed by atoms with Crippen LogP contribution in [0.3, 0.4) is 0 Å². The molecule has 0 aromatic heterocycles. The molecular formula is C12H19NO3. The van der Waals surface area contributed by atoms with Crippen LogP contribution < -0.4 is 0 Å². The number of fused-ring (bicyclic) bond motifs is 1. The zero-order chi connectivity index (χ0) is 12.1. The lowest BCUT2D eigenvalue weighted by atomic mass is 9.62. The Morgan fingerprint density at radius 3 is 2.56 bits per heavy atom. The van der Waals surface area contributed by atoms with E-state index in [1.54, 1.807) is 4.90 Å². The highest BCUT2D eigenvalue weighted by Crippen LogP contribution is 2.48. The topological polar surface area (TPSA) is 46.6 Å². The molecule has 4 heteroatoms. The molecular weight excluding hydrogens is 206 g/mol. The minimum Gasteiger partial charge on any atom is -0.444 e. The first kappa shape index (κ1) is 11.4. The summed E-state index contributed by atoms with van der Waals surface area (Å²) in [5.74, 6) is 0.621. The molecule has 2 fully saturated rings. The summed E-state index contributed by atoms with van der Waals surface area (Å²) < 4.78 is 5.30. The monoisotopic (exact) mass is 225 g/mol. The van der Waals surface area contributed by atoms with Crippen LogP contribution in [-0.2, 0) is 9.53 Å². The maximum atomic E-state index is 11.8. The van der Waals surface area contributed by atoms with Gasteiger partial charge in [0.05, 0.1) is 0 Å². The van der Waals surface area contributed by atoms with Crippen molar-refractivity contribution < 1.29 is 14.3 Å². The van der Waals surface area contributed by atoms with Gasteiger partial charge in [0.1, 0.15) is 11.4 Å². The van der Waals surface area contributed by atoms with Crippen molar-refractivity contribution in [1.82, 2.24) is 4.90 Å². The fourth-order valence-electron chi connectivity index (χ4n) is 2.45. The lowest BCUT2D eigenvalue weighted by Gasteiger charge is -2.38. The number of likely N-dealkylation sites (tertiary alicyclic amines) is 1. The quantitative estimate of drug-likeness (QED) is 0.632. The van der Waals surface area contributed by atoms with Crippen LogP contribution in [0.25, 0.3) is 0 Å². The largest absolute Gasteiger partial charge is 0.444 e. The van der Waals surface area contributed by atoms with Gasteiger partial charge in [-0.15, -0.1) is 0 Å². The molecule has 1 aliphatic carbocycles. The van der Waals surface area contributed by atoms with Gasteiger partial charge in [0, 0.05) is 24.9 Å². The molecule has 0 bridgehead atoms. The molecule has 2 rings (SSSR count). The number of ether oxygens (including phenoxy) is 1. The van der Waals surface area contributed by atoms with Gasteiger partial charge in [-0.1, -0.05) is 6.92 Å². The van der Waals surface area contributed by atoms with Crippen molar-refractivity contribution in [3.63, 3.8) is 0 Å². The molecule has 1 amide bonds. The van der Waals surface area contributed by atoms with Crippen LogP contribution in [0.1, 0.15) is 34.1 Å². The van der Waals surface area contributed by atoms with Crippen LogP contribution in [0.4, 0.5) is 4.79 Å². The van der Waals surface area contributed by atoms with E-state index >= 15 is 0 Å². The summed E-state index contributed by atoms with van der Waals surface area (Å²) in [4.78, 5) is 25.0. The number of amides is 1.